The molecular weight excluding hydrogens is 234 g/mol. The normalized spacial score (nSPS) is 9.46. The van der Waals surface area contributed by atoms with Crippen molar-refractivity contribution >= 4 is 27.5 Å². The van der Waals surface area contributed by atoms with Gasteiger partial charge in [0.1, 0.15) is 5.75 Å². The molecule has 70 valence electrons. The van der Waals surface area contributed by atoms with E-state index < -0.39 is 0 Å². The molecule has 0 atom stereocenters. The molecule has 1 aromatic rings. The summed E-state index contributed by atoms with van der Waals surface area (Å²) in [6.45, 7) is 1.46. The van der Waals surface area contributed by atoms with Crippen molar-refractivity contribution < 1.29 is 9.53 Å². The first-order chi connectivity index (χ1) is 6.13. The van der Waals surface area contributed by atoms with Crippen LogP contribution in [0.15, 0.2) is 22.7 Å². The van der Waals surface area contributed by atoms with E-state index in [1.165, 1.54) is 6.92 Å². The Bertz CT molecular complexity index is 325. The van der Waals surface area contributed by atoms with Crippen LogP contribution >= 0.6 is 15.9 Å². The van der Waals surface area contributed by atoms with E-state index in [1.807, 2.05) is 6.07 Å². The van der Waals surface area contributed by atoms with E-state index in [1.54, 1.807) is 19.2 Å². The number of amides is 1. The van der Waals surface area contributed by atoms with Gasteiger partial charge >= 0.3 is 0 Å². The first kappa shape index (κ1) is 10.1. The maximum absolute atomic E-state index is 10.8. The molecule has 0 spiro atoms. The smallest absolute Gasteiger partial charge is 0.221 e. The van der Waals surface area contributed by atoms with E-state index >= 15 is 0 Å². The van der Waals surface area contributed by atoms with Gasteiger partial charge in [0.05, 0.1) is 12.8 Å². The summed E-state index contributed by atoms with van der Waals surface area (Å²) in [6.07, 6.45) is 0. The van der Waals surface area contributed by atoms with Crippen LogP contribution in [0.4, 0.5) is 5.69 Å². The molecule has 1 aromatic carbocycles. The Hall–Kier alpha value is -1.03. The molecule has 0 bridgehead atoms. The number of benzene rings is 1. The highest BCUT2D eigenvalue weighted by atomic mass is 79.9. The van der Waals surface area contributed by atoms with Crippen LogP contribution in [0.5, 0.6) is 5.75 Å². The Labute approximate surface area is 85.2 Å². The zero-order chi connectivity index (χ0) is 9.84. The maximum atomic E-state index is 10.8. The van der Waals surface area contributed by atoms with Crippen molar-refractivity contribution in [3.8, 4) is 5.75 Å². The maximum Gasteiger partial charge on any atom is 0.221 e. The molecule has 4 heteroatoms. The average molecular weight is 244 g/mol. The lowest BCUT2D eigenvalue weighted by Gasteiger charge is -2.08. The molecule has 0 aliphatic rings. The Balaban J connectivity index is 2.99. The summed E-state index contributed by atoms with van der Waals surface area (Å²) in [5.74, 6) is 0.533. The summed E-state index contributed by atoms with van der Waals surface area (Å²) in [7, 11) is 1.56. The van der Waals surface area contributed by atoms with Crippen LogP contribution in [0.2, 0.25) is 0 Å². The number of hydrogen-bond acceptors (Lipinski definition) is 2. The first-order valence-corrected chi connectivity index (χ1v) is 4.54. The summed E-state index contributed by atoms with van der Waals surface area (Å²) in [4.78, 5) is 10.8. The lowest BCUT2D eigenvalue weighted by molar-refractivity contribution is -0.114. The number of carbonyl (C=O) groups excluding carboxylic acids is 1. The molecule has 1 rings (SSSR count). The third kappa shape index (κ3) is 2.73. The minimum atomic E-state index is -0.111. The highest BCUT2D eigenvalue weighted by molar-refractivity contribution is 9.10. The molecule has 1 N–H and O–H groups in total. The van der Waals surface area contributed by atoms with E-state index in [2.05, 4.69) is 21.2 Å². The van der Waals surface area contributed by atoms with Crippen molar-refractivity contribution in [3.63, 3.8) is 0 Å². The van der Waals surface area contributed by atoms with Gasteiger partial charge in [0.25, 0.3) is 0 Å². The van der Waals surface area contributed by atoms with Crippen LogP contribution in [-0.4, -0.2) is 13.0 Å². The second-order valence-corrected chi connectivity index (χ2v) is 3.44. The van der Waals surface area contributed by atoms with Gasteiger partial charge in [-0.2, -0.15) is 0 Å². The van der Waals surface area contributed by atoms with E-state index in [0.29, 0.717) is 11.4 Å². The largest absolute Gasteiger partial charge is 0.495 e. The minimum Gasteiger partial charge on any atom is -0.495 e. The van der Waals surface area contributed by atoms with Crippen molar-refractivity contribution in [3.05, 3.63) is 22.7 Å². The number of carbonyl (C=O) groups is 1. The van der Waals surface area contributed by atoms with Crippen molar-refractivity contribution in [2.45, 2.75) is 6.92 Å². The van der Waals surface area contributed by atoms with Gasteiger partial charge < -0.3 is 10.1 Å². The third-order valence-corrected chi connectivity index (χ3v) is 1.97. The van der Waals surface area contributed by atoms with Gasteiger partial charge in [-0.3, -0.25) is 4.79 Å². The number of anilines is 1. The van der Waals surface area contributed by atoms with E-state index in [0.717, 1.165) is 4.47 Å². The zero-order valence-corrected chi connectivity index (χ0v) is 9.01. The Kier molecular flexibility index (Phi) is 3.31. The number of methoxy groups -OCH3 is 1. The fourth-order valence-corrected chi connectivity index (χ4v) is 1.30. The topological polar surface area (TPSA) is 38.3 Å². The van der Waals surface area contributed by atoms with Crippen molar-refractivity contribution in [2.75, 3.05) is 12.4 Å². The standard InChI is InChI=1S/C9H10BrNO2/c1-6(12)11-8-4-3-7(10)5-9(8)13-2/h3-5H,1-2H3,(H,11,12). The van der Waals surface area contributed by atoms with Crippen LogP contribution in [-0.2, 0) is 4.79 Å². The van der Waals surface area contributed by atoms with E-state index in [9.17, 15) is 4.79 Å². The number of rotatable bonds is 2. The average Bonchev–Trinajstić information content (AvgIpc) is 2.07. The molecule has 0 saturated carbocycles. The predicted octanol–water partition coefficient (Wildman–Crippen LogP) is 2.42. The monoisotopic (exact) mass is 243 g/mol. The third-order valence-electron chi connectivity index (χ3n) is 1.47. The van der Waals surface area contributed by atoms with Crippen LogP contribution in [0.1, 0.15) is 6.92 Å². The quantitative estimate of drug-likeness (QED) is 0.867. The molecule has 0 aliphatic carbocycles. The molecule has 0 saturated heterocycles. The number of hydrogen-bond donors (Lipinski definition) is 1. The van der Waals surface area contributed by atoms with Gasteiger partial charge in [-0.25, -0.2) is 0 Å². The molecule has 0 unspecified atom stereocenters. The molecule has 1 amide bonds. The van der Waals surface area contributed by atoms with E-state index in [-0.39, 0.29) is 5.91 Å². The molecule has 0 aliphatic heterocycles. The van der Waals surface area contributed by atoms with Gasteiger partial charge in [-0.15, -0.1) is 0 Å². The lowest BCUT2D eigenvalue weighted by atomic mass is 10.3. The predicted molar refractivity (Wildman–Crippen MR) is 55.0 cm³/mol. The molecule has 0 heterocycles. The van der Waals surface area contributed by atoms with Gasteiger partial charge in [-0.05, 0) is 18.2 Å². The van der Waals surface area contributed by atoms with Gasteiger partial charge in [0.2, 0.25) is 5.91 Å². The summed E-state index contributed by atoms with van der Waals surface area (Å²) in [5, 5.41) is 2.67. The van der Waals surface area contributed by atoms with Gasteiger partial charge in [0, 0.05) is 11.4 Å². The van der Waals surface area contributed by atoms with Gasteiger partial charge in [-0.1, -0.05) is 15.9 Å². The molecule has 0 radical (unpaired) electrons. The molecule has 13 heavy (non-hydrogen) atoms. The SMILES string of the molecule is COc1cc(Br)ccc1NC(C)=O. The first-order valence-electron chi connectivity index (χ1n) is 3.74. The van der Waals surface area contributed by atoms with Crippen molar-refractivity contribution in [2.24, 2.45) is 0 Å². The fourth-order valence-electron chi connectivity index (χ4n) is 0.958. The summed E-state index contributed by atoms with van der Waals surface area (Å²) in [6, 6.07) is 5.42. The summed E-state index contributed by atoms with van der Waals surface area (Å²) < 4.78 is 6.00. The summed E-state index contributed by atoms with van der Waals surface area (Å²) >= 11 is 3.31. The van der Waals surface area contributed by atoms with Gasteiger partial charge in [0.15, 0.2) is 0 Å². The number of halogens is 1. The Morgan fingerprint density at radius 2 is 2.23 bits per heavy atom. The molecule has 0 fully saturated rings. The Morgan fingerprint density at radius 1 is 1.54 bits per heavy atom. The highest BCUT2D eigenvalue weighted by Gasteiger charge is 2.03. The Morgan fingerprint density at radius 3 is 2.77 bits per heavy atom. The van der Waals surface area contributed by atoms with Crippen LogP contribution in [0.25, 0.3) is 0 Å². The minimum absolute atomic E-state index is 0.111. The molecule has 0 aromatic heterocycles. The van der Waals surface area contributed by atoms with Crippen LogP contribution in [0, 0.1) is 0 Å². The fraction of sp³-hybridized carbons (Fsp3) is 0.222. The number of ether oxygens (including phenoxy) is 1. The van der Waals surface area contributed by atoms with Crippen molar-refractivity contribution in [1.29, 1.82) is 0 Å². The summed E-state index contributed by atoms with van der Waals surface area (Å²) in [5.41, 5.74) is 0.679. The van der Waals surface area contributed by atoms with E-state index in [4.69, 9.17) is 4.74 Å². The lowest BCUT2D eigenvalue weighted by Crippen LogP contribution is -2.06. The highest BCUT2D eigenvalue weighted by Crippen LogP contribution is 2.27. The second-order valence-electron chi connectivity index (χ2n) is 2.53. The molecule has 3 nitrogen and oxygen atoms in total. The number of nitrogens with one attached hydrogen (secondary N) is 1. The second kappa shape index (κ2) is 4.28. The van der Waals surface area contributed by atoms with Crippen LogP contribution in [0.3, 0.4) is 0 Å². The zero-order valence-electron chi connectivity index (χ0n) is 7.43. The van der Waals surface area contributed by atoms with Crippen molar-refractivity contribution in [1.82, 2.24) is 0 Å². The van der Waals surface area contributed by atoms with Crippen LogP contribution < -0.4 is 10.1 Å². The molecular formula is C9H10BrNO2.